The number of hydrogen-bond acceptors (Lipinski definition) is 7. The third-order valence-electron chi connectivity index (χ3n) is 5.93. The van der Waals surface area contributed by atoms with Crippen molar-refractivity contribution in [3.63, 3.8) is 0 Å². The molecular weight excluding hydrogens is 448 g/mol. The third kappa shape index (κ3) is 5.17. The number of terminal acetylenes is 1. The summed E-state index contributed by atoms with van der Waals surface area (Å²) in [5.74, 6) is 3.16. The second-order valence-corrected chi connectivity index (χ2v) is 8.23. The number of rotatable bonds is 8. The molecule has 4 rings (SSSR count). The molecule has 0 unspecified atom stereocenters. The van der Waals surface area contributed by atoms with Crippen molar-refractivity contribution in [2.75, 3.05) is 13.2 Å². The van der Waals surface area contributed by atoms with Crippen molar-refractivity contribution in [3.8, 4) is 23.8 Å². The van der Waals surface area contributed by atoms with Gasteiger partial charge in [0.15, 0.2) is 5.75 Å². The molecule has 0 aliphatic heterocycles. The molecule has 0 radical (unpaired) electrons. The Morgan fingerprint density at radius 3 is 2.74 bits per heavy atom. The van der Waals surface area contributed by atoms with Crippen LogP contribution in [0.5, 0.6) is 11.5 Å². The van der Waals surface area contributed by atoms with Gasteiger partial charge >= 0.3 is 5.69 Å². The Kier molecular flexibility index (Phi) is 7.41. The first kappa shape index (κ1) is 24.0. The predicted molar refractivity (Wildman–Crippen MR) is 133 cm³/mol. The summed E-state index contributed by atoms with van der Waals surface area (Å²) < 4.78 is 12.3. The Morgan fingerprint density at radius 2 is 2.03 bits per heavy atom. The molecule has 1 aliphatic rings. The minimum absolute atomic E-state index is 0.0422. The fourth-order valence-corrected chi connectivity index (χ4v) is 4.34. The van der Waals surface area contributed by atoms with E-state index in [1.54, 1.807) is 25.1 Å². The lowest BCUT2D eigenvalue weighted by molar-refractivity contribution is -0.385. The summed E-state index contributed by atoms with van der Waals surface area (Å²) in [6.45, 7) is 1.88. The normalized spacial score (nSPS) is 14.2. The Bertz CT molecular complexity index is 1370. The van der Waals surface area contributed by atoms with Gasteiger partial charge in [0.25, 0.3) is 5.56 Å². The molecule has 9 nitrogen and oxygen atoms in total. The first-order valence-corrected chi connectivity index (χ1v) is 11.6. The smallest absolute Gasteiger partial charge is 0.315 e. The van der Waals surface area contributed by atoms with Crippen LogP contribution < -0.4 is 15.0 Å². The number of aromatic nitrogens is 2. The maximum absolute atomic E-state index is 13.4. The SMILES string of the molecule is C#CCOc1c(OCC)cc(C=Nn2c(C3CCCCC3)nc3ccccc3c2=O)cc1[N+](=O)[O-]. The van der Waals surface area contributed by atoms with Crippen LogP contribution in [-0.4, -0.2) is 34.0 Å². The molecule has 0 bridgehead atoms. The molecule has 1 heterocycles. The standard InChI is InChI=1S/C26H26N4O5/c1-3-14-35-24-22(30(32)33)15-18(16-23(24)34-4-2)17-27-29-25(19-10-6-5-7-11-19)28-21-13-9-8-12-20(21)26(29)31/h1,8-9,12-13,15-17,19H,4-7,10-11,14H2,2H3. The van der Waals surface area contributed by atoms with E-state index in [9.17, 15) is 14.9 Å². The van der Waals surface area contributed by atoms with Crippen molar-refractivity contribution in [1.82, 2.24) is 9.66 Å². The van der Waals surface area contributed by atoms with E-state index < -0.39 is 4.92 Å². The van der Waals surface area contributed by atoms with E-state index >= 15 is 0 Å². The first-order valence-electron chi connectivity index (χ1n) is 11.6. The van der Waals surface area contributed by atoms with Crippen molar-refractivity contribution in [2.24, 2.45) is 5.10 Å². The molecular formula is C26H26N4O5. The second-order valence-electron chi connectivity index (χ2n) is 8.23. The van der Waals surface area contributed by atoms with Crippen LogP contribution in [0.1, 0.15) is 56.3 Å². The molecule has 1 fully saturated rings. The average Bonchev–Trinajstić information content (AvgIpc) is 2.87. The Balaban J connectivity index is 1.83. The lowest BCUT2D eigenvalue weighted by Gasteiger charge is -2.22. The minimum atomic E-state index is -0.567. The van der Waals surface area contributed by atoms with Crippen molar-refractivity contribution in [3.05, 3.63) is 68.3 Å². The number of hydrogen-bond donors (Lipinski definition) is 0. The van der Waals surface area contributed by atoms with Gasteiger partial charge in [0, 0.05) is 17.5 Å². The number of ether oxygens (including phenoxy) is 2. The third-order valence-corrected chi connectivity index (χ3v) is 5.93. The summed E-state index contributed by atoms with van der Waals surface area (Å²) in [7, 11) is 0. The number of nitro benzene ring substituents is 1. The molecule has 0 N–H and O–H groups in total. The topological polar surface area (TPSA) is 109 Å². The number of nitrogens with zero attached hydrogens (tertiary/aromatic N) is 4. The van der Waals surface area contributed by atoms with Gasteiger partial charge in [-0.15, -0.1) is 6.42 Å². The number of fused-ring (bicyclic) bond motifs is 1. The number of nitro groups is 1. The van der Waals surface area contributed by atoms with Gasteiger partial charge in [-0.25, -0.2) is 4.98 Å². The Hall–Kier alpha value is -4.19. The zero-order chi connectivity index (χ0) is 24.8. The second kappa shape index (κ2) is 10.8. The molecule has 0 saturated heterocycles. The van der Waals surface area contributed by atoms with E-state index in [1.807, 2.05) is 12.1 Å². The highest BCUT2D eigenvalue weighted by Crippen LogP contribution is 2.38. The average molecular weight is 475 g/mol. The molecule has 0 spiro atoms. The van der Waals surface area contributed by atoms with Crippen LogP contribution in [0.15, 0.2) is 46.3 Å². The Morgan fingerprint density at radius 1 is 1.26 bits per heavy atom. The lowest BCUT2D eigenvalue weighted by Crippen LogP contribution is -2.25. The van der Waals surface area contributed by atoms with Crippen molar-refractivity contribution in [2.45, 2.75) is 44.9 Å². The summed E-state index contributed by atoms with van der Waals surface area (Å²) in [6.07, 6.45) is 11.8. The molecule has 0 amide bonds. The quantitative estimate of drug-likeness (QED) is 0.204. The highest BCUT2D eigenvalue weighted by Gasteiger charge is 2.24. The van der Waals surface area contributed by atoms with E-state index in [4.69, 9.17) is 20.9 Å². The Labute approximate surface area is 202 Å². The summed E-state index contributed by atoms with van der Waals surface area (Å²) in [5, 5.41) is 16.7. The number of benzene rings is 2. The minimum Gasteiger partial charge on any atom is -0.490 e. The zero-order valence-corrected chi connectivity index (χ0v) is 19.5. The van der Waals surface area contributed by atoms with Gasteiger partial charge in [-0.1, -0.05) is 37.3 Å². The first-order chi connectivity index (χ1) is 17.0. The van der Waals surface area contributed by atoms with Crippen LogP contribution in [0, 0.1) is 22.5 Å². The maximum Gasteiger partial charge on any atom is 0.315 e. The van der Waals surface area contributed by atoms with Gasteiger partial charge in [0.05, 0.1) is 28.6 Å². The maximum atomic E-state index is 13.4. The van der Waals surface area contributed by atoms with Gasteiger partial charge < -0.3 is 9.47 Å². The van der Waals surface area contributed by atoms with Crippen LogP contribution in [0.3, 0.4) is 0 Å². The fourth-order valence-electron chi connectivity index (χ4n) is 4.34. The lowest BCUT2D eigenvalue weighted by atomic mass is 9.88. The molecule has 3 aromatic rings. The van der Waals surface area contributed by atoms with E-state index in [2.05, 4.69) is 11.0 Å². The van der Waals surface area contributed by atoms with Gasteiger partial charge in [0.2, 0.25) is 5.75 Å². The van der Waals surface area contributed by atoms with Crippen LogP contribution in [0.25, 0.3) is 10.9 Å². The van der Waals surface area contributed by atoms with E-state index in [0.29, 0.717) is 22.3 Å². The molecule has 2 aromatic carbocycles. The largest absolute Gasteiger partial charge is 0.490 e. The monoisotopic (exact) mass is 474 g/mol. The van der Waals surface area contributed by atoms with Crippen LogP contribution >= 0.6 is 0 Å². The van der Waals surface area contributed by atoms with Crippen molar-refractivity contribution >= 4 is 22.8 Å². The zero-order valence-electron chi connectivity index (χ0n) is 19.5. The van der Waals surface area contributed by atoms with Crippen LogP contribution in [0.4, 0.5) is 5.69 Å². The van der Waals surface area contributed by atoms with Gasteiger partial charge in [-0.2, -0.15) is 9.78 Å². The van der Waals surface area contributed by atoms with E-state index in [-0.39, 0.29) is 41.9 Å². The summed E-state index contributed by atoms with van der Waals surface area (Å²) in [5.41, 5.74) is 0.432. The van der Waals surface area contributed by atoms with Crippen LogP contribution in [0.2, 0.25) is 0 Å². The highest BCUT2D eigenvalue weighted by molar-refractivity contribution is 5.83. The summed E-state index contributed by atoms with van der Waals surface area (Å²) in [6, 6.07) is 10.1. The molecule has 1 saturated carbocycles. The molecule has 1 aromatic heterocycles. The molecule has 1 aliphatic carbocycles. The summed E-state index contributed by atoms with van der Waals surface area (Å²) >= 11 is 0. The predicted octanol–water partition coefficient (Wildman–Crippen LogP) is 4.65. The van der Waals surface area contributed by atoms with Gasteiger partial charge in [0.1, 0.15) is 12.4 Å². The molecule has 9 heteroatoms. The molecule has 0 atom stereocenters. The van der Waals surface area contributed by atoms with Crippen molar-refractivity contribution in [1.29, 1.82) is 0 Å². The molecule has 180 valence electrons. The molecule has 35 heavy (non-hydrogen) atoms. The fraction of sp³-hybridized carbons (Fsp3) is 0.346. The van der Waals surface area contributed by atoms with E-state index in [0.717, 1.165) is 32.1 Å². The number of para-hydroxylation sites is 1. The highest BCUT2D eigenvalue weighted by atomic mass is 16.6. The van der Waals surface area contributed by atoms with Crippen LogP contribution in [-0.2, 0) is 0 Å². The van der Waals surface area contributed by atoms with E-state index in [1.165, 1.54) is 17.0 Å². The van der Waals surface area contributed by atoms with Gasteiger partial charge in [-0.3, -0.25) is 14.9 Å². The van der Waals surface area contributed by atoms with Crippen molar-refractivity contribution < 1.29 is 14.4 Å². The summed E-state index contributed by atoms with van der Waals surface area (Å²) in [4.78, 5) is 29.3. The van der Waals surface area contributed by atoms with Gasteiger partial charge in [-0.05, 0) is 38.0 Å².